The van der Waals surface area contributed by atoms with Crippen molar-refractivity contribution in [2.45, 2.75) is 38.9 Å². The van der Waals surface area contributed by atoms with Gasteiger partial charge in [0.05, 0.1) is 22.6 Å². The molecule has 0 bridgehead atoms. The van der Waals surface area contributed by atoms with E-state index >= 15 is 0 Å². The molecule has 0 atom stereocenters. The van der Waals surface area contributed by atoms with Crippen LogP contribution in [0.5, 0.6) is 11.5 Å². The Bertz CT molecular complexity index is 1670. The molecule has 5 nitrogen and oxygen atoms in total. The number of benzene rings is 5. The summed E-state index contributed by atoms with van der Waals surface area (Å²) < 4.78 is 19.1. The van der Waals surface area contributed by atoms with Gasteiger partial charge in [-0.2, -0.15) is 0 Å². The largest absolute Gasteiger partial charge is 0.494 e. The van der Waals surface area contributed by atoms with Crippen LogP contribution in [0.2, 0.25) is 0 Å². The smallest absolute Gasteiger partial charge is 0.453 e. The lowest BCUT2D eigenvalue weighted by Crippen LogP contribution is -2.41. The Kier molecular flexibility index (Phi) is 6.34. The minimum Gasteiger partial charge on any atom is -0.453 e. The van der Waals surface area contributed by atoms with Crippen molar-refractivity contribution >= 4 is 46.7 Å². The van der Waals surface area contributed by atoms with Crippen molar-refractivity contribution in [2.24, 2.45) is 0 Å². The number of anilines is 6. The lowest BCUT2D eigenvalue weighted by atomic mass is 9.79. The third kappa shape index (κ3) is 4.53. The van der Waals surface area contributed by atoms with E-state index in [1.807, 2.05) is 36.4 Å². The highest BCUT2D eigenvalue weighted by atomic mass is 16.7. The van der Waals surface area contributed by atoms with Crippen molar-refractivity contribution in [3.63, 3.8) is 0 Å². The number of para-hydroxylation sites is 4. The fourth-order valence-corrected chi connectivity index (χ4v) is 5.53. The molecular formula is C36H33BN2O3. The SMILES string of the molecule is CC1(C)OB(c2ccc3c(c2)Oc2ccccc2N3c2ccc(N(c3ccccc3)c3ccccc3)cc2)OC1(C)C. The Labute approximate surface area is 248 Å². The summed E-state index contributed by atoms with van der Waals surface area (Å²) in [4.78, 5) is 4.52. The van der Waals surface area contributed by atoms with Crippen LogP contribution >= 0.6 is 0 Å². The molecule has 1 fully saturated rings. The third-order valence-electron chi connectivity index (χ3n) is 8.47. The van der Waals surface area contributed by atoms with Gasteiger partial charge in [0, 0.05) is 22.7 Å². The molecule has 5 aromatic rings. The van der Waals surface area contributed by atoms with Crippen LogP contribution in [-0.2, 0) is 9.31 Å². The quantitative estimate of drug-likeness (QED) is 0.199. The zero-order chi connectivity index (χ0) is 28.9. The second-order valence-corrected chi connectivity index (χ2v) is 11.7. The lowest BCUT2D eigenvalue weighted by molar-refractivity contribution is 0.00578. The molecule has 0 aromatic heterocycles. The van der Waals surface area contributed by atoms with Gasteiger partial charge in [-0.15, -0.1) is 0 Å². The van der Waals surface area contributed by atoms with Crippen molar-refractivity contribution in [1.82, 2.24) is 0 Å². The van der Waals surface area contributed by atoms with Crippen molar-refractivity contribution in [1.29, 1.82) is 0 Å². The standard InChI is InChI=1S/C36H33BN2O3/c1-35(2)36(3,4)42-37(41-35)26-19-24-32-34(25-26)40-33-18-12-11-17-31(33)39(32)30-22-20-29(21-23-30)38(27-13-7-5-8-14-27)28-15-9-6-10-16-28/h5-25H,1-4H3. The summed E-state index contributed by atoms with van der Waals surface area (Å²) >= 11 is 0. The van der Waals surface area contributed by atoms with Crippen molar-refractivity contribution in [3.05, 3.63) is 127 Å². The van der Waals surface area contributed by atoms with Crippen molar-refractivity contribution in [3.8, 4) is 11.5 Å². The number of hydrogen-bond donors (Lipinski definition) is 0. The van der Waals surface area contributed by atoms with Gasteiger partial charge in [0.2, 0.25) is 0 Å². The van der Waals surface area contributed by atoms with Crippen LogP contribution in [0.4, 0.5) is 34.1 Å². The third-order valence-corrected chi connectivity index (χ3v) is 8.47. The monoisotopic (exact) mass is 552 g/mol. The van der Waals surface area contributed by atoms with Crippen molar-refractivity contribution in [2.75, 3.05) is 9.80 Å². The van der Waals surface area contributed by atoms with Gasteiger partial charge in [-0.1, -0.05) is 54.6 Å². The van der Waals surface area contributed by atoms with E-state index in [1.54, 1.807) is 0 Å². The summed E-state index contributed by atoms with van der Waals surface area (Å²) in [5.41, 5.74) is 6.39. The van der Waals surface area contributed by atoms with Crippen LogP contribution < -0.4 is 20.0 Å². The Balaban J connectivity index is 1.27. The van der Waals surface area contributed by atoms with Gasteiger partial charge in [0.25, 0.3) is 0 Å². The van der Waals surface area contributed by atoms with E-state index in [4.69, 9.17) is 14.0 Å². The van der Waals surface area contributed by atoms with E-state index in [2.05, 4.69) is 128 Å². The summed E-state index contributed by atoms with van der Waals surface area (Å²) in [7, 11) is -0.462. The van der Waals surface area contributed by atoms with Crippen LogP contribution in [-0.4, -0.2) is 18.3 Å². The molecule has 6 heteroatoms. The minimum atomic E-state index is -0.462. The fraction of sp³-hybridized carbons (Fsp3) is 0.167. The van der Waals surface area contributed by atoms with E-state index in [0.29, 0.717) is 0 Å². The molecule has 0 amide bonds. The normalized spacial score (nSPS) is 16.4. The molecular weight excluding hydrogens is 519 g/mol. The van der Waals surface area contributed by atoms with Crippen LogP contribution in [0, 0.1) is 0 Å². The zero-order valence-corrected chi connectivity index (χ0v) is 24.3. The molecule has 0 radical (unpaired) electrons. The summed E-state index contributed by atoms with van der Waals surface area (Å²) in [6.07, 6.45) is 0. The molecule has 2 aliphatic heterocycles. The fourth-order valence-electron chi connectivity index (χ4n) is 5.53. The Hall–Kier alpha value is -4.52. The van der Waals surface area contributed by atoms with Gasteiger partial charge in [-0.25, -0.2) is 0 Å². The molecule has 2 aliphatic rings. The number of nitrogens with zero attached hydrogens (tertiary/aromatic N) is 2. The number of rotatable bonds is 5. The van der Waals surface area contributed by atoms with Crippen LogP contribution in [0.15, 0.2) is 127 Å². The highest BCUT2D eigenvalue weighted by molar-refractivity contribution is 6.62. The summed E-state index contributed by atoms with van der Waals surface area (Å²) in [5.74, 6) is 1.57. The average molecular weight is 552 g/mol. The highest BCUT2D eigenvalue weighted by Crippen LogP contribution is 2.50. The van der Waals surface area contributed by atoms with Crippen molar-refractivity contribution < 1.29 is 14.0 Å². The molecule has 0 N–H and O–H groups in total. The molecule has 2 heterocycles. The second-order valence-electron chi connectivity index (χ2n) is 11.7. The van der Waals surface area contributed by atoms with Gasteiger partial charge >= 0.3 is 7.12 Å². The molecule has 1 saturated heterocycles. The first-order chi connectivity index (χ1) is 20.3. The zero-order valence-electron chi connectivity index (χ0n) is 24.3. The second kappa shape index (κ2) is 10.1. The van der Waals surface area contributed by atoms with E-state index in [-0.39, 0.29) is 0 Å². The summed E-state index contributed by atoms with van der Waals surface area (Å²) in [6.45, 7) is 8.28. The molecule has 5 aromatic carbocycles. The summed E-state index contributed by atoms with van der Waals surface area (Å²) in [6, 6.07) is 43.9. The van der Waals surface area contributed by atoms with Crippen LogP contribution in [0.3, 0.4) is 0 Å². The predicted octanol–water partition coefficient (Wildman–Crippen LogP) is 9.03. The van der Waals surface area contributed by atoms with E-state index in [0.717, 1.165) is 51.1 Å². The van der Waals surface area contributed by atoms with Gasteiger partial charge in [0.1, 0.15) is 0 Å². The molecule has 42 heavy (non-hydrogen) atoms. The maximum absolute atomic E-state index is 6.45. The Morgan fingerprint density at radius 3 is 1.69 bits per heavy atom. The van der Waals surface area contributed by atoms with E-state index in [9.17, 15) is 0 Å². The van der Waals surface area contributed by atoms with Crippen LogP contribution in [0.25, 0.3) is 0 Å². The highest BCUT2D eigenvalue weighted by Gasteiger charge is 2.52. The summed E-state index contributed by atoms with van der Waals surface area (Å²) in [5, 5.41) is 0. The molecule has 208 valence electrons. The Morgan fingerprint density at radius 2 is 1.07 bits per heavy atom. The van der Waals surface area contributed by atoms with Gasteiger partial charge in [-0.05, 0) is 106 Å². The average Bonchev–Trinajstić information content (AvgIpc) is 3.23. The predicted molar refractivity (Wildman–Crippen MR) is 172 cm³/mol. The van der Waals surface area contributed by atoms with E-state index < -0.39 is 18.3 Å². The Morgan fingerprint density at radius 1 is 0.548 bits per heavy atom. The maximum atomic E-state index is 6.45. The molecule has 0 saturated carbocycles. The first kappa shape index (κ1) is 26.4. The topological polar surface area (TPSA) is 34.2 Å². The molecule has 0 aliphatic carbocycles. The lowest BCUT2D eigenvalue weighted by Gasteiger charge is -2.33. The van der Waals surface area contributed by atoms with Crippen LogP contribution in [0.1, 0.15) is 27.7 Å². The minimum absolute atomic E-state index is 0.414. The molecule has 7 rings (SSSR count). The molecule has 0 unspecified atom stereocenters. The number of fused-ring (bicyclic) bond motifs is 2. The maximum Gasteiger partial charge on any atom is 0.494 e. The van der Waals surface area contributed by atoms with Gasteiger partial charge < -0.3 is 23.8 Å². The van der Waals surface area contributed by atoms with Gasteiger partial charge in [0.15, 0.2) is 11.5 Å². The first-order valence-electron chi connectivity index (χ1n) is 14.4. The number of hydrogen-bond acceptors (Lipinski definition) is 5. The van der Waals surface area contributed by atoms with E-state index in [1.165, 1.54) is 0 Å². The molecule has 0 spiro atoms. The number of ether oxygens (including phenoxy) is 1. The first-order valence-corrected chi connectivity index (χ1v) is 14.4. The van der Waals surface area contributed by atoms with Gasteiger partial charge in [-0.3, -0.25) is 0 Å².